The van der Waals surface area contributed by atoms with E-state index in [1.165, 1.54) is 31.2 Å². The van der Waals surface area contributed by atoms with Crippen LogP contribution in [0.5, 0.6) is 0 Å². The molecule has 0 spiro atoms. The van der Waals surface area contributed by atoms with Crippen LogP contribution >= 0.6 is 12.2 Å². The molecule has 1 aliphatic rings. The van der Waals surface area contributed by atoms with Gasteiger partial charge in [-0.2, -0.15) is 5.01 Å². The van der Waals surface area contributed by atoms with Gasteiger partial charge in [0, 0.05) is 17.8 Å². The van der Waals surface area contributed by atoms with Crippen LogP contribution < -0.4 is 16.1 Å². The van der Waals surface area contributed by atoms with Crippen LogP contribution in [0.1, 0.15) is 23.6 Å². The number of urea groups is 1. The molecule has 29 heavy (non-hydrogen) atoms. The molecule has 0 bridgehead atoms. The minimum absolute atomic E-state index is 0.0754. The van der Waals surface area contributed by atoms with Gasteiger partial charge in [-0.15, -0.1) is 0 Å². The second-order valence-electron chi connectivity index (χ2n) is 6.94. The van der Waals surface area contributed by atoms with Crippen LogP contribution in [-0.2, 0) is 10.3 Å². The summed E-state index contributed by atoms with van der Waals surface area (Å²) in [4.78, 5) is 35.6. The third-order valence-corrected chi connectivity index (χ3v) is 4.73. The number of aryl methyl sites for hydroxylation is 2. The van der Waals surface area contributed by atoms with Gasteiger partial charge in [0.1, 0.15) is 5.54 Å². The number of anilines is 1. The number of nitrogens with zero attached hydrogens (tertiary/aromatic N) is 2. The van der Waals surface area contributed by atoms with Crippen molar-refractivity contribution in [3.8, 4) is 0 Å². The fourth-order valence-electron chi connectivity index (χ4n) is 3.16. The standard InChI is InChI=1S/C19H19N5O4S/c1-11-8-12(2)10-14(9-11)20-17(29)22-23-16(25)19(3,21-18(23)26)13-4-6-15(7-5-13)24(27)28/h4-10H,1-3H3,(H,21,26)(H2,20,22,29)/t19-/m0/s1. The van der Waals surface area contributed by atoms with Crippen LogP contribution in [0.4, 0.5) is 16.2 Å². The Balaban J connectivity index is 1.75. The topological polar surface area (TPSA) is 117 Å². The van der Waals surface area contributed by atoms with E-state index in [4.69, 9.17) is 12.2 Å². The number of carbonyl (C=O) groups is 2. The Morgan fingerprint density at radius 1 is 1.14 bits per heavy atom. The van der Waals surface area contributed by atoms with E-state index >= 15 is 0 Å². The molecule has 0 saturated carbocycles. The molecule has 1 fully saturated rings. The lowest BCUT2D eigenvalue weighted by Crippen LogP contribution is -2.49. The third-order valence-electron chi connectivity index (χ3n) is 4.54. The van der Waals surface area contributed by atoms with Crippen molar-refractivity contribution in [2.45, 2.75) is 26.3 Å². The van der Waals surface area contributed by atoms with Gasteiger partial charge in [-0.05, 0) is 73.9 Å². The summed E-state index contributed by atoms with van der Waals surface area (Å²) in [5.74, 6) is -0.582. The monoisotopic (exact) mass is 413 g/mol. The Bertz CT molecular complexity index is 1000. The number of hydrogen-bond acceptors (Lipinski definition) is 5. The molecule has 9 nitrogen and oxygen atoms in total. The molecule has 1 heterocycles. The molecular formula is C19H19N5O4S. The number of carbonyl (C=O) groups excluding carboxylic acids is 2. The first-order valence-electron chi connectivity index (χ1n) is 8.68. The molecule has 0 aromatic heterocycles. The molecule has 3 rings (SSSR count). The van der Waals surface area contributed by atoms with Gasteiger partial charge < -0.3 is 10.6 Å². The number of nitrogens with one attached hydrogen (secondary N) is 3. The SMILES string of the molecule is Cc1cc(C)cc(NC(=S)NN2C(=O)N[C@@](C)(c3ccc([N+](=O)[O-])cc3)C2=O)c1. The molecular weight excluding hydrogens is 394 g/mol. The van der Waals surface area contributed by atoms with Crippen LogP contribution in [0.15, 0.2) is 42.5 Å². The van der Waals surface area contributed by atoms with Gasteiger partial charge in [-0.25, -0.2) is 4.79 Å². The molecule has 0 unspecified atom stereocenters. The molecule has 0 radical (unpaired) electrons. The van der Waals surface area contributed by atoms with Gasteiger partial charge in [-0.3, -0.25) is 20.3 Å². The number of thiocarbonyl (C=S) groups is 1. The summed E-state index contributed by atoms with van der Waals surface area (Å²) in [6.45, 7) is 5.42. The molecule has 0 aliphatic carbocycles. The van der Waals surface area contributed by atoms with Crippen LogP contribution in [0.25, 0.3) is 0 Å². The molecule has 10 heteroatoms. The zero-order chi connectivity index (χ0) is 21.3. The van der Waals surface area contributed by atoms with Gasteiger partial charge in [0.2, 0.25) is 0 Å². The van der Waals surface area contributed by atoms with Crippen LogP contribution in [0.3, 0.4) is 0 Å². The number of nitro benzene ring substituents is 1. The van der Waals surface area contributed by atoms with Crippen LogP contribution in [-0.4, -0.2) is 27.0 Å². The minimum atomic E-state index is -1.38. The first-order chi connectivity index (χ1) is 13.6. The average Bonchev–Trinajstić information content (AvgIpc) is 2.85. The Hall–Kier alpha value is -3.53. The highest BCUT2D eigenvalue weighted by Crippen LogP contribution is 2.29. The van der Waals surface area contributed by atoms with E-state index in [1.807, 2.05) is 32.0 Å². The second kappa shape index (κ2) is 7.47. The quantitative estimate of drug-likeness (QED) is 0.305. The number of amides is 3. The van der Waals surface area contributed by atoms with Gasteiger partial charge in [0.05, 0.1) is 4.92 Å². The van der Waals surface area contributed by atoms with Gasteiger partial charge in [-0.1, -0.05) is 6.07 Å². The number of rotatable bonds is 4. The van der Waals surface area contributed by atoms with Gasteiger partial charge in [0.15, 0.2) is 5.11 Å². The minimum Gasteiger partial charge on any atom is -0.331 e. The van der Waals surface area contributed by atoms with E-state index in [0.717, 1.165) is 21.8 Å². The first-order valence-corrected chi connectivity index (χ1v) is 9.08. The maximum Gasteiger partial charge on any atom is 0.344 e. The fraction of sp³-hybridized carbons (Fsp3) is 0.211. The molecule has 1 aliphatic heterocycles. The van der Waals surface area contributed by atoms with Crippen molar-refractivity contribution in [2.75, 3.05) is 5.32 Å². The lowest BCUT2D eigenvalue weighted by Gasteiger charge is -2.22. The van der Waals surface area contributed by atoms with Crippen molar-refractivity contribution in [3.63, 3.8) is 0 Å². The summed E-state index contributed by atoms with van der Waals surface area (Å²) in [7, 11) is 0. The maximum atomic E-state index is 12.9. The van der Waals surface area contributed by atoms with Crippen molar-refractivity contribution in [1.82, 2.24) is 15.8 Å². The lowest BCUT2D eigenvalue weighted by atomic mass is 9.92. The molecule has 1 atom stereocenters. The molecule has 2 aromatic rings. The van der Waals surface area contributed by atoms with E-state index in [1.54, 1.807) is 0 Å². The normalized spacial score (nSPS) is 18.4. The van der Waals surface area contributed by atoms with Crippen molar-refractivity contribution < 1.29 is 14.5 Å². The predicted octanol–water partition coefficient (Wildman–Crippen LogP) is 2.88. The number of hydrazine groups is 1. The molecule has 1 saturated heterocycles. The number of benzene rings is 2. The summed E-state index contributed by atoms with van der Waals surface area (Å²) in [5.41, 5.74) is 4.33. The summed E-state index contributed by atoms with van der Waals surface area (Å²) in [6, 6.07) is 10.5. The zero-order valence-electron chi connectivity index (χ0n) is 16.0. The lowest BCUT2D eigenvalue weighted by molar-refractivity contribution is -0.384. The summed E-state index contributed by atoms with van der Waals surface area (Å²) in [5, 5.41) is 17.2. The zero-order valence-corrected chi connectivity index (χ0v) is 16.8. The third kappa shape index (κ3) is 4.02. The Morgan fingerprint density at radius 2 is 1.72 bits per heavy atom. The maximum absolute atomic E-state index is 12.9. The highest BCUT2D eigenvalue weighted by atomic mass is 32.1. The van der Waals surface area contributed by atoms with E-state index in [2.05, 4.69) is 16.1 Å². The Labute approximate surface area is 172 Å². The summed E-state index contributed by atoms with van der Waals surface area (Å²) < 4.78 is 0. The molecule has 2 aromatic carbocycles. The average molecular weight is 413 g/mol. The Morgan fingerprint density at radius 3 is 2.28 bits per heavy atom. The van der Waals surface area contributed by atoms with E-state index in [-0.39, 0.29) is 10.8 Å². The first kappa shape index (κ1) is 20.2. The summed E-state index contributed by atoms with van der Waals surface area (Å²) >= 11 is 5.23. The molecule has 3 amide bonds. The number of nitro groups is 1. The largest absolute Gasteiger partial charge is 0.344 e. The van der Waals surface area contributed by atoms with E-state index in [9.17, 15) is 19.7 Å². The number of hydrogen-bond donors (Lipinski definition) is 3. The Kier molecular flexibility index (Phi) is 5.21. The highest BCUT2D eigenvalue weighted by molar-refractivity contribution is 7.80. The predicted molar refractivity (Wildman–Crippen MR) is 111 cm³/mol. The fourth-order valence-corrected chi connectivity index (χ4v) is 3.37. The van der Waals surface area contributed by atoms with Crippen LogP contribution in [0.2, 0.25) is 0 Å². The molecule has 3 N–H and O–H groups in total. The van der Waals surface area contributed by atoms with Gasteiger partial charge in [0.25, 0.3) is 11.6 Å². The molecule has 150 valence electrons. The van der Waals surface area contributed by atoms with Crippen molar-refractivity contribution in [2.24, 2.45) is 0 Å². The van der Waals surface area contributed by atoms with Crippen molar-refractivity contribution >= 4 is 40.6 Å². The van der Waals surface area contributed by atoms with Crippen molar-refractivity contribution in [3.05, 3.63) is 69.3 Å². The smallest absolute Gasteiger partial charge is 0.331 e. The highest BCUT2D eigenvalue weighted by Gasteiger charge is 2.49. The van der Waals surface area contributed by atoms with Gasteiger partial charge >= 0.3 is 6.03 Å². The van der Waals surface area contributed by atoms with Crippen molar-refractivity contribution in [1.29, 1.82) is 0 Å². The number of non-ortho nitro benzene ring substituents is 1. The summed E-state index contributed by atoms with van der Waals surface area (Å²) in [6.07, 6.45) is 0. The number of imide groups is 1. The second-order valence-corrected chi connectivity index (χ2v) is 7.35. The van der Waals surface area contributed by atoms with E-state index in [0.29, 0.717) is 5.56 Å². The van der Waals surface area contributed by atoms with Crippen LogP contribution in [0, 0.1) is 24.0 Å². The van der Waals surface area contributed by atoms with E-state index < -0.39 is 22.4 Å².